The second-order valence-electron chi connectivity index (χ2n) is 2.84. The number of hydrogen-bond donors (Lipinski definition) is 1. The topological polar surface area (TPSA) is 40.3 Å². The number of likely N-dealkylation sites (tertiary alicyclic amines) is 1. The SMILES string of the molecule is CN1[C@@H]2[C@H]1C(=O)C[C@@H]2O. The molecule has 1 aliphatic carbocycles. The molecule has 2 aliphatic rings. The molecule has 1 heterocycles. The molecule has 0 aromatic heterocycles. The molecule has 0 bridgehead atoms. The summed E-state index contributed by atoms with van der Waals surface area (Å²) < 4.78 is 0. The molecule has 0 amide bonds. The molecule has 0 radical (unpaired) electrons. The molecule has 9 heavy (non-hydrogen) atoms. The molecule has 0 spiro atoms. The molecule has 1 aliphatic heterocycles. The monoisotopic (exact) mass is 127 g/mol. The van der Waals surface area contributed by atoms with Gasteiger partial charge in [-0.3, -0.25) is 9.69 Å². The Morgan fingerprint density at radius 2 is 2.44 bits per heavy atom. The second-order valence-corrected chi connectivity index (χ2v) is 2.84. The van der Waals surface area contributed by atoms with Gasteiger partial charge in [-0.25, -0.2) is 0 Å². The van der Waals surface area contributed by atoms with Gasteiger partial charge in [0.05, 0.1) is 18.2 Å². The van der Waals surface area contributed by atoms with Crippen LogP contribution in [0.15, 0.2) is 0 Å². The van der Waals surface area contributed by atoms with Crippen LogP contribution in [0.1, 0.15) is 6.42 Å². The number of rotatable bonds is 0. The molecule has 1 saturated heterocycles. The molecule has 4 atom stereocenters. The number of hydrogen-bond acceptors (Lipinski definition) is 3. The molecule has 3 nitrogen and oxygen atoms in total. The van der Waals surface area contributed by atoms with Gasteiger partial charge in [-0.05, 0) is 7.05 Å². The van der Waals surface area contributed by atoms with Crippen LogP contribution in [0.4, 0.5) is 0 Å². The van der Waals surface area contributed by atoms with Gasteiger partial charge in [-0.15, -0.1) is 0 Å². The Balaban J connectivity index is 2.19. The summed E-state index contributed by atoms with van der Waals surface area (Å²) in [5, 5.41) is 9.12. The average Bonchev–Trinajstić information content (AvgIpc) is 2.30. The molecular weight excluding hydrogens is 118 g/mol. The van der Waals surface area contributed by atoms with Crippen molar-refractivity contribution in [3.05, 3.63) is 0 Å². The minimum absolute atomic E-state index is 0.0694. The predicted octanol–water partition coefficient (Wildman–Crippen LogP) is -0.997. The number of carbonyl (C=O) groups excluding carboxylic acids is 1. The molecule has 1 N–H and O–H groups in total. The highest BCUT2D eigenvalue weighted by Crippen LogP contribution is 2.37. The van der Waals surface area contributed by atoms with E-state index >= 15 is 0 Å². The number of fused-ring (bicyclic) bond motifs is 1. The van der Waals surface area contributed by atoms with Gasteiger partial charge >= 0.3 is 0 Å². The van der Waals surface area contributed by atoms with Crippen molar-refractivity contribution in [2.24, 2.45) is 0 Å². The fourth-order valence-corrected chi connectivity index (χ4v) is 1.71. The molecule has 0 aromatic rings. The first-order valence-corrected chi connectivity index (χ1v) is 3.14. The zero-order valence-corrected chi connectivity index (χ0v) is 5.24. The van der Waals surface area contributed by atoms with Crippen LogP contribution in [0, 0.1) is 0 Å². The lowest BCUT2D eigenvalue weighted by atomic mass is 10.3. The highest BCUT2D eigenvalue weighted by Gasteiger charge is 2.58. The minimum Gasteiger partial charge on any atom is -0.391 e. The van der Waals surface area contributed by atoms with Crippen molar-refractivity contribution < 1.29 is 9.90 Å². The molecule has 1 unspecified atom stereocenters. The number of carbonyl (C=O) groups is 1. The molecule has 1 saturated carbocycles. The fraction of sp³-hybridized carbons (Fsp3) is 0.833. The number of Topliss-reactive ketones (excluding diaryl/α,β-unsaturated/α-hetero) is 1. The van der Waals surface area contributed by atoms with Gasteiger partial charge in [0.25, 0.3) is 0 Å². The Morgan fingerprint density at radius 3 is 2.67 bits per heavy atom. The highest BCUT2D eigenvalue weighted by molar-refractivity contribution is 5.91. The van der Waals surface area contributed by atoms with Crippen molar-refractivity contribution >= 4 is 5.78 Å². The lowest BCUT2D eigenvalue weighted by Gasteiger charge is -2.03. The van der Waals surface area contributed by atoms with Crippen LogP contribution in [0.5, 0.6) is 0 Å². The van der Waals surface area contributed by atoms with Crippen LogP contribution in [0.2, 0.25) is 0 Å². The van der Waals surface area contributed by atoms with Gasteiger partial charge < -0.3 is 5.11 Å². The summed E-state index contributed by atoms with van der Waals surface area (Å²) in [5.74, 6) is 0.204. The van der Waals surface area contributed by atoms with Gasteiger partial charge in [-0.2, -0.15) is 0 Å². The average molecular weight is 127 g/mol. The first-order valence-electron chi connectivity index (χ1n) is 3.14. The van der Waals surface area contributed by atoms with E-state index in [1.165, 1.54) is 0 Å². The maximum atomic E-state index is 10.8. The summed E-state index contributed by atoms with van der Waals surface area (Å²) in [6.07, 6.45) is -0.00727. The number of ketones is 1. The van der Waals surface area contributed by atoms with E-state index in [2.05, 4.69) is 0 Å². The maximum Gasteiger partial charge on any atom is 0.154 e. The van der Waals surface area contributed by atoms with E-state index in [1.807, 2.05) is 11.9 Å². The Labute approximate surface area is 53.3 Å². The summed E-state index contributed by atoms with van der Waals surface area (Å²) in [6.45, 7) is 0. The third kappa shape index (κ3) is 0.509. The highest BCUT2D eigenvalue weighted by atomic mass is 16.3. The number of nitrogens with zero attached hydrogens (tertiary/aromatic N) is 1. The van der Waals surface area contributed by atoms with Gasteiger partial charge in [0, 0.05) is 6.42 Å². The van der Waals surface area contributed by atoms with Crippen LogP contribution in [-0.2, 0) is 4.79 Å². The van der Waals surface area contributed by atoms with E-state index in [0.717, 1.165) is 0 Å². The summed E-state index contributed by atoms with van der Waals surface area (Å²) in [6, 6.07) is 0.234. The first-order chi connectivity index (χ1) is 4.22. The lowest BCUT2D eigenvalue weighted by Crippen LogP contribution is -2.18. The van der Waals surface area contributed by atoms with Crippen molar-refractivity contribution in [3.8, 4) is 0 Å². The normalized spacial score (nSPS) is 55.6. The van der Waals surface area contributed by atoms with Crippen molar-refractivity contribution in [2.45, 2.75) is 24.6 Å². The van der Waals surface area contributed by atoms with E-state index in [-0.39, 0.29) is 24.0 Å². The quantitative estimate of drug-likeness (QED) is 0.424. The Bertz CT molecular complexity index is 168. The Kier molecular flexibility index (Phi) is 0.811. The van der Waals surface area contributed by atoms with Crippen molar-refractivity contribution in [1.82, 2.24) is 4.90 Å². The zero-order valence-electron chi connectivity index (χ0n) is 5.24. The first kappa shape index (κ1) is 5.38. The summed E-state index contributed by atoms with van der Waals surface area (Å²) in [4.78, 5) is 12.7. The van der Waals surface area contributed by atoms with Gasteiger partial charge in [-0.1, -0.05) is 0 Å². The molecule has 2 rings (SSSR count). The third-order valence-corrected chi connectivity index (χ3v) is 2.28. The van der Waals surface area contributed by atoms with Crippen LogP contribution in [0.3, 0.4) is 0 Å². The Hall–Kier alpha value is -0.410. The summed E-state index contributed by atoms with van der Waals surface area (Å²) >= 11 is 0. The molecular formula is C6H9NO2. The van der Waals surface area contributed by atoms with E-state index in [1.54, 1.807) is 0 Å². The van der Waals surface area contributed by atoms with E-state index < -0.39 is 0 Å². The third-order valence-electron chi connectivity index (χ3n) is 2.28. The molecule has 3 heteroatoms. The smallest absolute Gasteiger partial charge is 0.154 e. The Morgan fingerprint density at radius 1 is 1.78 bits per heavy atom. The lowest BCUT2D eigenvalue weighted by molar-refractivity contribution is -0.119. The predicted molar refractivity (Wildman–Crippen MR) is 31.0 cm³/mol. The number of aliphatic hydroxyl groups is 1. The van der Waals surface area contributed by atoms with Crippen molar-refractivity contribution in [2.75, 3.05) is 7.05 Å². The van der Waals surface area contributed by atoms with Crippen LogP contribution >= 0.6 is 0 Å². The number of likely N-dealkylation sites (N-methyl/N-ethyl adjacent to an activating group) is 1. The summed E-state index contributed by atoms with van der Waals surface area (Å²) in [7, 11) is 1.87. The fourth-order valence-electron chi connectivity index (χ4n) is 1.71. The van der Waals surface area contributed by atoms with Crippen molar-refractivity contribution in [3.63, 3.8) is 0 Å². The molecule has 50 valence electrons. The standard InChI is InChI=1S/C6H9NO2/c1-7-5-3(8)2-4(9)6(5)7/h3,5-6,8H,2H2,1H3/t3-,5-,6+,7?/m0/s1. The van der Waals surface area contributed by atoms with Gasteiger partial charge in [0.15, 0.2) is 5.78 Å². The molecule has 2 fully saturated rings. The van der Waals surface area contributed by atoms with Gasteiger partial charge in [0.2, 0.25) is 0 Å². The van der Waals surface area contributed by atoms with Crippen LogP contribution < -0.4 is 0 Å². The van der Waals surface area contributed by atoms with Crippen molar-refractivity contribution in [1.29, 1.82) is 0 Å². The molecule has 0 aromatic carbocycles. The van der Waals surface area contributed by atoms with Gasteiger partial charge in [0.1, 0.15) is 0 Å². The summed E-state index contributed by atoms with van der Waals surface area (Å²) in [5.41, 5.74) is 0. The largest absolute Gasteiger partial charge is 0.391 e. The van der Waals surface area contributed by atoms with Crippen LogP contribution in [0.25, 0.3) is 0 Å². The zero-order chi connectivity index (χ0) is 6.59. The van der Waals surface area contributed by atoms with E-state index in [9.17, 15) is 4.79 Å². The minimum atomic E-state index is -0.382. The maximum absolute atomic E-state index is 10.8. The number of aliphatic hydroxyl groups excluding tert-OH is 1. The van der Waals surface area contributed by atoms with E-state index in [4.69, 9.17) is 5.11 Å². The second kappa shape index (κ2) is 1.36. The number of piperidine rings is 1. The van der Waals surface area contributed by atoms with Crippen LogP contribution in [-0.4, -0.2) is 41.0 Å². The van der Waals surface area contributed by atoms with E-state index in [0.29, 0.717) is 6.42 Å².